The fourth-order valence-electron chi connectivity index (χ4n) is 1.70. The van der Waals surface area contributed by atoms with E-state index in [0.29, 0.717) is 24.3 Å². The average Bonchev–Trinajstić information content (AvgIpc) is 2.30. The van der Waals surface area contributed by atoms with Crippen molar-refractivity contribution in [1.82, 2.24) is 0 Å². The maximum Gasteiger partial charge on any atom is 0.303 e. The highest BCUT2D eigenvalue weighted by molar-refractivity contribution is 5.91. The van der Waals surface area contributed by atoms with Gasteiger partial charge in [-0.2, -0.15) is 0 Å². The molecule has 0 aliphatic heterocycles. The quantitative estimate of drug-likeness (QED) is 0.811. The third-order valence-electron chi connectivity index (χ3n) is 2.47. The number of aryl methyl sites for hydroxylation is 1. The van der Waals surface area contributed by atoms with E-state index in [1.54, 1.807) is 6.07 Å². The molecule has 0 saturated heterocycles. The lowest BCUT2D eigenvalue weighted by Gasteiger charge is -2.13. The Morgan fingerprint density at radius 2 is 2.11 bits per heavy atom. The summed E-state index contributed by atoms with van der Waals surface area (Å²) in [6, 6.07) is 5.43. The minimum absolute atomic E-state index is 0.108. The molecule has 0 unspecified atom stereocenters. The summed E-state index contributed by atoms with van der Waals surface area (Å²) in [6.45, 7) is 1.42. The minimum atomic E-state index is -0.820. The zero-order valence-corrected chi connectivity index (χ0v) is 10.5. The fourth-order valence-corrected chi connectivity index (χ4v) is 1.70. The van der Waals surface area contributed by atoms with Crippen molar-refractivity contribution in [2.75, 3.05) is 12.4 Å². The number of anilines is 1. The van der Waals surface area contributed by atoms with Crippen LogP contribution < -0.4 is 10.1 Å². The van der Waals surface area contributed by atoms with E-state index < -0.39 is 5.97 Å². The minimum Gasteiger partial charge on any atom is -0.495 e. The zero-order chi connectivity index (χ0) is 13.5. The number of methoxy groups -OCH3 is 1. The second-order valence-electron chi connectivity index (χ2n) is 3.92. The van der Waals surface area contributed by atoms with Crippen LogP contribution in [0.2, 0.25) is 0 Å². The van der Waals surface area contributed by atoms with Gasteiger partial charge in [0.1, 0.15) is 5.75 Å². The summed E-state index contributed by atoms with van der Waals surface area (Å²) in [5.41, 5.74) is 1.50. The normalized spacial score (nSPS) is 9.89. The van der Waals surface area contributed by atoms with Crippen LogP contribution in [0, 0.1) is 0 Å². The zero-order valence-electron chi connectivity index (χ0n) is 10.5. The lowest BCUT2D eigenvalue weighted by atomic mass is 10.1. The van der Waals surface area contributed by atoms with Crippen molar-refractivity contribution < 1.29 is 19.4 Å². The monoisotopic (exact) mass is 251 g/mol. The number of carbonyl (C=O) groups is 2. The van der Waals surface area contributed by atoms with E-state index in [0.717, 1.165) is 5.56 Å². The van der Waals surface area contributed by atoms with Crippen LogP contribution in [-0.4, -0.2) is 24.1 Å². The molecule has 1 amide bonds. The van der Waals surface area contributed by atoms with Crippen LogP contribution in [0.3, 0.4) is 0 Å². The highest BCUT2D eigenvalue weighted by Gasteiger charge is 2.10. The number of carboxylic acid groups (broad SMARTS) is 1. The molecule has 0 aliphatic rings. The van der Waals surface area contributed by atoms with Gasteiger partial charge < -0.3 is 15.2 Å². The molecule has 1 rings (SSSR count). The second-order valence-corrected chi connectivity index (χ2v) is 3.92. The molecule has 0 atom stereocenters. The number of carbonyl (C=O) groups excluding carboxylic acids is 1. The van der Waals surface area contributed by atoms with Gasteiger partial charge in [-0.25, -0.2) is 0 Å². The summed E-state index contributed by atoms with van der Waals surface area (Å²) in [4.78, 5) is 21.6. The molecule has 0 heterocycles. The molecule has 2 N–H and O–H groups in total. The summed E-state index contributed by atoms with van der Waals surface area (Å²) in [6.07, 6.45) is 1.21. The van der Waals surface area contributed by atoms with Crippen molar-refractivity contribution in [2.24, 2.45) is 0 Å². The summed E-state index contributed by atoms with van der Waals surface area (Å²) in [5.74, 6) is -0.420. The smallest absolute Gasteiger partial charge is 0.303 e. The van der Waals surface area contributed by atoms with Crippen molar-refractivity contribution in [3.05, 3.63) is 23.8 Å². The predicted octanol–water partition coefficient (Wildman–Crippen LogP) is 2.06. The topological polar surface area (TPSA) is 75.6 Å². The first-order valence-corrected chi connectivity index (χ1v) is 5.70. The number of hydrogen-bond acceptors (Lipinski definition) is 3. The lowest BCUT2D eigenvalue weighted by molar-refractivity contribution is -0.137. The Balaban J connectivity index is 2.87. The molecular weight excluding hydrogens is 234 g/mol. The van der Waals surface area contributed by atoms with Crippen LogP contribution in [0.15, 0.2) is 18.2 Å². The Morgan fingerprint density at radius 1 is 1.39 bits per heavy atom. The van der Waals surface area contributed by atoms with E-state index in [4.69, 9.17) is 9.84 Å². The Labute approximate surface area is 106 Å². The largest absolute Gasteiger partial charge is 0.495 e. The molecule has 0 aliphatic carbocycles. The first kappa shape index (κ1) is 14.0. The Hall–Kier alpha value is -2.04. The first-order valence-electron chi connectivity index (χ1n) is 5.70. The van der Waals surface area contributed by atoms with E-state index >= 15 is 0 Å². The Bertz CT molecular complexity index is 443. The third-order valence-corrected chi connectivity index (χ3v) is 2.47. The maximum atomic E-state index is 11.2. The molecule has 0 spiro atoms. The predicted molar refractivity (Wildman–Crippen MR) is 67.9 cm³/mol. The van der Waals surface area contributed by atoms with Crippen LogP contribution >= 0.6 is 0 Å². The number of aliphatic carboxylic acids is 1. The Morgan fingerprint density at radius 3 is 2.67 bits per heavy atom. The third kappa shape index (κ3) is 4.08. The molecule has 0 saturated carbocycles. The summed E-state index contributed by atoms with van der Waals surface area (Å²) >= 11 is 0. The summed E-state index contributed by atoms with van der Waals surface area (Å²) in [7, 11) is 1.53. The molecule has 5 heteroatoms. The molecular formula is C13H17NO4. The number of hydrogen-bond donors (Lipinski definition) is 2. The van der Waals surface area contributed by atoms with Crippen LogP contribution in [-0.2, 0) is 16.0 Å². The SMILES string of the molecule is COc1cccc(CCCC(=O)O)c1NC(C)=O. The first-order chi connectivity index (χ1) is 8.54. The second kappa shape index (κ2) is 6.64. The standard InChI is InChI=1S/C13H17NO4/c1-9(15)14-13-10(6-4-8-12(16)17)5-3-7-11(13)18-2/h3,5,7H,4,6,8H2,1-2H3,(H,14,15)(H,16,17). The van der Waals surface area contributed by atoms with Gasteiger partial charge in [0.2, 0.25) is 5.91 Å². The van der Waals surface area contributed by atoms with Crippen LogP contribution in [0.25, 0.3) is 0 Å². The number of carboxylic acids is 1. The van der Waals surface area contributed by atoms with Crippen LogP contribution in [0.5, 0.6) is 5.75 Å². The van der Waals surface area contributed by atoms with Gasteiger partial charge in [-0.15, -0.1) is 0 Å². The average molecular weight is 251 g/mol. The van der Waals surface area contributed by atoms with E-state index in [9.17, 15) is 9.59 Å². The molecule has 0 fully saturated rings. The molecule has 0 bridgehead atoms. The molecule has 0 radical (unpaired) electrons. The van der Waals surface area contributed by atoms with Gasteiger partial charge in [0.15, 0.2) is 0 Å². The number of nitrogens with one attached hydrogen (secondary N) is 1. The van der Waals surface area contributed by atoms with Crippen molar-refractivity contribution in [2.45, 2.75) is 26.2 Å². The van der Waals surface area contributed by atoms with E-state index in [1.807, 2.05) is 12.1 Å². The fraction of sp³-hybridized carbons (Fsp3) is 0.385. The van der Waals surface area contributed by atoms with Gasteiger partial charge in [-0.1, -0.05) is 12.1 Å². The summed E-state index contributed by atoms with van der Waals surface area (Å²) in [5, 5.41) is 11.3. The molecule has 18 heavy (non-hydrogen) atoms. The van der Waals surface area contributed by atoms with E-state index in [1.165, 1.54) is 14.0 Å². The summed E-state index contributed by atoms with van der Waals surface area (Å²) < 4.78 is 5.18. The van der Waals surface area contributed by atoms with Gasteiger partial charge in [0.05, 0.1) is 12.8 Å². The number of benzene rings is 1. The molecule has 0 aromatic heterocycles. The number of amides is 1. The van der Waals surface area contributed by atoms with Crippen LogP contribution in [0.4, 0.5) is 5.69 Å². The molecule has 1 aromatic rings. The highest BCUT2D eigenvalue weighted by Crippen LogP contribution is 2.29. The maximum absolute atomic E-state index is 11.2. The van der Waals surface area contributed by atoms with Gasteiger partial charge in [0, 0.05) is 13.3 Å². The van der Waals surface area contributed by atoms with E-state index in [2.05, 4.69) is 5.32 Å². The van der Waals surface area contributed by atoms with Gasteiger partial charge in [0.25, 0.3) is 0 Å². The van der Waals surface area contributed by atoms with Gasteiger partial charge in [-0.05, 0) is 24.5 Å². The number of para-hydroxylation sites is 1. The van der Waals surface area contributed by atoms with Crippen molar-refractivity contribution in [3.63, 3.8) is 0 Å². The van der Waals surface area contributed by atoms with Gasteiger partial charge >= 0.3 is 5.97 Å². The van der Waals surface area contributed by atoms with Gasteiger partial charge in [-0.3, -0.25) is 9.59 Å². The molecule has 5 nitrogen and oxygen atoms in total. The van der Waals surface area contributed by atoms with Crippen molar-refractivity contribution in [3.8, 4) is 5.75 Å². The van der Waals surface area contributed by atoms with Crippen LogP contribution in [0.1, 0.15) is 25.3 Å². The van der Waals surface area contributed by atoms with Crippen molar-refractivity contribution >= 4 is 17.6 Å². The lowest BCUT2D eigenvalue weighted by Crippen LogP contribution is -2.10. The molecule has 1 aromatic carbocycles. The highest BCUT2D eigenvalue weighted by atomic mass is 16.5. The van der Waals surface area contributed by atoms with Crippen molar-refractivity contribution in [1.29, 1.82) is 0 Å². The van der Waals surface area contributed by atoms with E-state index in [-0.39, 0.29) is 12.3 Å². The number of ether oxygens (including phenoxy) is 1. The Kier molecular flexibility index (Phi) is 5.17. The molecule has 98 valence electrons. The number of rotatable bonds is 6.